The highest BCUT2D eigenvalue weighted by atomic mass is 16.4. The quantitative estimate of drug-likeness (QED) is 0.709. The second-order valence-corrected chi connectivity index (χ2v) is 5.96. The topological polar surface area (TPSA) is 84.1 Å². The molecular weight excluding hydrogens is 318 g/mol. The van der Waals surface area contributed by atoms with Gasteiger partial charge in [-0.2, -0.15) is 0 Å². The first-order valence-electron chi connectivity index (χ1n) is 8.28. The van der Waals surface area contributed by atoms with Crippen LogP contribution in [0.25, 0.3) is 11.3 Å². The molecule has 3 aromatic heterocycles. The maximum atomic E-state index is 5.46. The highest BCUT2D eigenvalue weighted by Gasteiger charge is 2.20. The summed E-state index contributed by atoms with van der Waals surface area (Å²) < 4.78 is 5.46. The van der Waals surface area contributed by atoms with Gasteiger partial charge in [0, 0.05) is 57.3 Å². The summed E-state index contributed by atoms with van der Waals surface area (Å²) in [6, 6.07) is 5.83. The zero-order valence-corrected chi connectivity index (χ0v) is 14.0. The number of pyridine rings is 1. The fourth-order valence-corrected chi connectivity index (χ4v) is 2.88. The smallest absolute Gasteiger partial charge is 0.230 e. The van der Waals surface area contributed by atoms with E-state index in [4.69, 9.17) is 9.40 Å². The third kappa shape index (κ3) is 3.63. The lowest BCUT2D eigenvalue weighted by Crippen LogP contribution is -2.46. The zero-order chi connectivity index (χ0) is 17.1. The first-order valence-corrected chi connectivity index (χ1v) is 8.28. The van der Waals surface area contributed by atoms with Crippen molar-refractivity contribution in [2.24, 2.45) is 0 Å². The molecule has 0 radical (unpaired) electrons. The summed E-state index contributed by atoms with van der Waals surface area (Å²) >= 11 is 0. The van der Waals surface area contributed by atoms with E-state index in [1.807, 2.05) is 31.3 Å². The van der Waals surface area contributed by atoms with Gasteiger partial charge in [-0.15, -0.1) is 10.2 Å². The minimum Gasteiger partial charge on any atom is -0.424 e. The molecule has 0 spiro atoms. The third-order valence-electron chi connectivity index (χ3n) is 4.20. The minimum absolute atomic E-state index is 0.606. The summed E-state index contributed by atoms with van der Waals surface area (Å²) in [5.74, 6) is 2.04. The molecule has 25 heavy (non-hydrogen) atoms. The van der Waals surface area contributed by atoms with Crippen molar-refractivity contribution in [3.8, 4) is 11.3 Å². The lowest BCUT2D eigenvalue weighted by molar-refractivity contribution is 0.224. The van der Waals surface area contributed by atoms with Crippen molar-refractivity contribution in [3.63, 3.8) is 0 Å². The number of hydrogen-bond donors (Lipinski definition) is 0. The Bertz CT molecular complexity index is 828. The van der Waals surface area contributed by atoms with Crippen molar-refractivity contribution in [2.45, 2.75) is 13.5 Å². The van der Waals surface area contributed by atoms with Crippen LogP contribution in [0.1, 0.15) is 11.8 Å². The number of rotatable bonds is 4. The number of hydrogen-bond acceptors (Lipinski definition) is 8. The summed E-state index contributed by atoms with van der Waals surface area (Å²) in [4.78, 5) is 17.7. The van der Waals surface area contributed by atoms with Crippen molar-refractivity contribution < 1.29 is 4.42 Å². The van der Waals surface area contributed by atoms with Gasteiger partial charge in [0.1, 0.15) is 0 Å². The highest BCUT2D eigenvalue weighted by molar-refractivity contribution is 5.59. The number of anilines is 1. The van der Waals surface area contributed by atoms with E-state index in [0.717, 1.165) is 43.4 Å². The second kappa shape index (κ2) is 6.94. The fraction of sp³-hybridized carbons (Fsp3) is 0.353. The van der Waals surface area contributed by atoms with Crippen molar-refractivity contribution in [3.05, 3.63) is 48.6 Å². The molecule has 0 bridgehead atoms. The Balaban J connectivity index is 1.41. The molecule has 4 heterocycles. The van der Waals surface area contributed by atoms with Crippen LogP contribution in [-0.2, 0) is 6.54 Å². The van der Waals surface area contributed by atoms with Crippen LogP contribution in [-0.4, -0.2) is 56.2 Å². The maximum Gasteiger partial charge on any atom is 0.230 e. The molecule has 0 aliphatic carbocycles. The van der Waals surface area contributed by atoms with Gasteiger partial charge in [-0.3, -0.25) is 9.88 Å². The molecule has 1 aliphatic heterocycles. The van der Waals surface area contributed by atoms with Crippen LogP contribution in [0.3, 0.4) is 0 Å². The van der Waals surface area contributed by atoms with E-state index in [9.17, 15) is 0 Å². The molecule has 1 fully saturated rings. The van der Waals surface area contributed by atoms with E-state index >= 15 is 0 Å². The molecule has 0 saturated carbocycles. The van der Waals surface area contributed by atoms with Crippen molar-refractivity contribution >= 4 is 5.95 Å². The largest absolute Gasteiger partial charge is 0.424 e. The Labute approximate surface area is 145 Å². The standard InChI is InChI=1S/C17H19N7O/c1-13-21-22-16(25-13)12-23-8-10-24(11-9-23)17-19-7-4-15(20-17)14-2-5-18-6-3-14/h2-7H,8-12H2,1H3. The normalized spacial score (nSPS) is 15.5. The molecule has 128 valence electrons. The SMILES string of the molecule is Cc1nnc(CN2CCN(c3nccc(-c4ccncc4)n3)CC2)o1. The van der Waals surface area contributed by atoms with Gasteiger partial charge in [0.2, 0.25) is 17.7 Å². The first-order chi connectivity index (χ1) is 12.3. The Morgan fingerprint density at radius 2 is 1.80 bits per heavy atom. The van der Waals surface area contributed by atoms with Crippen LogP contribution < -0.4 is 4.90 Å². The van der Waals surface area contributed by atoms with Gasteiger partial charge in [0.25, 0.3) is 0 Å². The number of piperazine rings is 1. The van der Waals surface area contributed by atoms with Crippen molar-refractivity contribution in [1.29, 1.82) is 0 Å². The van der Waals surface area contributed by atoms with Gasteiger partial charge in [0.15, 0.2) is 0 Å². The van der Waals surface area contributed by atoms with E-state index < -0.39 is 0 Å². The molecule has 0 aromatic carbocycles. The van der Waals surface area contributed by atoms with Crippen LogP contribution in [0.2, 0.25) is 0 Å². The zero-order valence-electron chi connectivity index (χ0n) is 14.0. The second-order valence-electron chi connectivity index (χ2n) is 5.96. The fourth-order valence-electron chi connectivity index (χ4n) is 2.88. The Hall–Kier alpha value is -2.87. The van der Waals surface area contributed by atoms with Gasteiger partial charge in [-0.05, 0) is 18.2 Å². The Morgan fingerprint density at radius 1 is 1.00 bits per heavy atom. The lowest BCUT2D eigenvalue weighted by Gasteiger charge is -2.34. The van der Waals surface area contributed by atoms with Gasteiger partial charge < -0.3 is 9.32 Å². The molecule has 4 rings (SSSR count). The number of nitrogens with zero attached hydrogens (tertiary/aromatic N) is 7. The molecule has 0 amide bonds. The average molecular weight is 337 g/mol. The van der Waals surface area contributed by atoms with Crippen LogP contribution in [0.5, 0.6) is 0 Å². The minimum atomic E-state index is 0.606. The van der Waals surface area contributed by atoms with E-state index in [2.05, 4.69) is 30.0 Å². The molecule has 8 nitrogen and oxygen atoms in total. The molecule has 1 aliphatic rings. The summed E-state index contributed by atoms with van der Waals surface area (Å²) in [6.07, 6.45) is 5.36. The van der Waals surface area contributed by atoms with E-state index in [1.165, 1.54) is 0 Å². The first kappa shape index (κ1) is 15.6. The molecule has 8 heteroatoms. The predicted molar refractivity (Wildman–Crippen MR) is 91.8 cm³/mol. The molecular formula is C17H19N7O. The average Bonchev–Trinajstić information content (AvgIpc) is 3.08. The molecule has 0 atom stereocenters. The van der Waals surface area contributed by atoms with Crippen molar-refractivity contribution in [2.75, 3.05) is 31.1 Å². The van der Waals surface area contributed by atoms with Crippen molar-refractivity contribution in [1.82, 2.24) is 30.0 Å². The van der Waals surface area contributed by atoms with Gasteiger partial charge in [-0.25, -0.2) is 9.97 Å². The van der Waals surface area contributed by atoms with Crippen LogP contribution in [0, 0.1) is 6.92 Å². The van der Waals surface area contributed by atoms with E-state index in [1.54, 1.807) is 12.4 Å². The summed E-state index contributed by atoms with van der Waals surface area (Å²) in [5, 5.41) is 7.94. The van der Waals surface area contributed by atoms with Crippen LogP contribution in [0.4, 0.5) is 5.95 Å². The summed E-state index contributed by atoms with van der Waals surface area (Å²) in [5.41, 5.74) is 1.96. The summed E-state index contributed by atoms with van der Waals surface area (Å²) in [6.45, 7) is 6.04. The number of aryl methyl sites for hydroxylation is 1. The lowest BCUT2D eigenvalue weighted by atomic mass is 10.2. The monoisotopic (exact) mass is 337 g/mol. The highest BCUT2D eigenvalue weighted by Crippen LogP contribution is 2.19. The van der Waals surface area contributed by atoms with Gasteiger partial charge in [-0.1, -0.05) is 0 Å². The molecule has 0 N–H and O–H groups in total. The Kier molecular flexibility index (Phi) is 4.34. The van der Waals surface area contributed by atoms with E-state index in [0.29, 0.717) is 18.3 Å². The molecule has 3 aromatic rings. The van der Waals surface area contributed by atoms with E-state index in [-0.39, 0.29) is 0 Å². The third-order valence-corrected chi connectivity index (χ3v) is 4.20. The molecule has 0 unspecified atom stereocenters. The Morgan fingerprint density at radius 3 is 2.52 bits per heavy atom. The summed E-state index contributed by atoms with van der Waals surface area (Å²) in [7, 11) is 0. The predicted octanol–water partition coefficient (Wildman–Crippen LogP) is 1.55. The van der Waals surface area contributed by atoms with Gasteiger partial charge >= 0.3 is 0 Å². The van der Waals surface area contributed by atoms with Crippen LogP contribution >= 0.6 is 0 Å². The molecule has 1 saturated heterocycles. The van der Waals surface area contributed by atoms with Crippen LogP contribution in [0.15, 0.2) is 41.2 Å². The maximum absolute atomic E-state index is 5.46. The number of aromatic nitrogens is 5. The van der Waals surface area contributed by atoms with Gasteiger partial charge in [0.05, 0.1) is 12.2 Å².